The molecule has 0 aliphatic carbocycles. The second-order valence-corrected chi connectivity index (χ2v) is 4.71. The molecule has 1 aromatic carbocycles. The zero-order chi connectivity index (χ0) is 11.9. The highest BCUT2D eigenvalue weighted by Gasteiger charge is 2.25. The number of hydrogen-bond acceptors (Lipinski definition) is 2. The van der Waals surface area contributed by atoms with Crippen LogP contribution in [0.15, 0.2) is 18.2 Å². The molecule has 3 nitrogen and oxygen atoms in total. The lowest BCUT2D eigenvalue weighted by atomic mass is 10.00. The molecule has 0 aliphatic rings. The summed E-state index contributed by atoms with van der Waals surface area (Å²) >= 11 is 0. The van der Waals surface area contributed by atoms with Crippen LogP contribution in [0.1, 0.15) is 31.7 Å². The van der Waals surface area contributed by atoms with Crippen molar-refractivity contribution in [2.45, 2.75) is 32.7 Å². The highest BCUT2D eigenvalue weighted by atomic mass is 15.1. The first-order chi connectivity index (χ1) is 7.47. The number of imidazole rings is 1. The van der Waals surface area contributed by atoms with Crippen molar-refractivity contribution < 1.29 is 0 Å². The molecule has 1 heterocycles. The Labute approximate surface area is 96.3 Å². The van der Waals surface area contributed by atoms with Crippen molar-refractivity contribution in [2.75, 3.05) is 0 Å². The van der Waals surface area contributed by atoms with E-state index in [1.165, 1.54) is 11.1 Å². The van der Waals surface area contributed by atoms with Gasteiger partial charge in [0.25, 0.3) is 0 Å². The standard InChI is InChI=1S/C13H19N3/c1-5-13(3,14)12-15-10-8-6-7-9(2)11(10)16(12)4/h6-8H,5,14H2,1-4H3. The normalized spacial score (nSPS) is 15.3. The van der Waals surface area contributed by atoms with E-state index in [4.69, 9.17) is 5.73 Å². The number of aryl methyl sites for hydroxylation is 2. The molecule has 0 saturated heterocycles. The lowest BCUT2D eigenvalue weighted by Gasteiger charge is -2.22. The van der Waals surface area contributed by atoms with Gasteiger partial charge in [-0.25, -0.2) is 4.98 Å². The van der Waals surface area contributed by atoms with Crippen LogP contribution in [-0.4, -0.2) is 9.55 Å². The predicted molar refractivity (Wildman–Crippen MR) is 67.3 cm³/mol. The fourth-order valence-electron chi connectivity index (χ4n) is 2.13. The molecule has 2 N–H and O–H groups in total. The highest BCUT2D eigenvalue weighted by Crippen LogP contribution is 2.26. The van der Waals surface area contributed by atoms with Gasteiger partial charge in [0.15, 0.2) is 0 Å². The van der Waals surface area contributed by atoms with Crippen LogP contribution in [0.2, 0.25) is 0 Å². The first-order valence-electron chi connectivity index (χ1n) is 5.68. The second-order valence-electron chi connectivity index (χ2n) is 4.71. The number of nitrogens with zero attached hydrogens (tertiary/aromatic N) is 2. The third-order valence-corrected chi connectivity index (χ3v) is 3.34. The number of benzene rings is 1. The largest absolute Gasteiger partial charge is 0.329 e. The van der Waals surface area contributed by atoms with Crippen LogP contribution in [0.5, 0.6) is 0 Å². The van der Waals surface area contributed by atoms with Crippen LogP contribution in [0.25, 0.3) is 11.0 Å². The number of fused-ring (bicyclic) bond motifs is 1. The molecule has 86 valence electrons. The maximum Gasteiger partial charge on any atom is 0.129 e. The lowest BCUT2D eigenvalue weighted by molar-refractivity contribution is 0.434. The molecule has 1 atom stereocenters. The van der Waals surface area contributed by atoms with E-state index in [1.54, 1.807) is 0 Å². The van der Waals surface area contributed by atoms with Crippen molar-refractivity contribution in [1.29, 1.82) is 0 Å². The number of hydrogen-bond donors (Lipinski definition) is 1. The summed E-state index contributed by atoms with van der Waals surface area (Å²) in [7, 11) is 2.04. The van der Waals surface area contributed by atoms with Crippen LogP contribution in [0.4, 0.5) is 0 Å². The summed E-state index contributed by atoms with van der Waals surface area (Å²) in [6.45, 7) is 6.23. The van der Waals surface area contributed by atoms with E-state index < -0.39 is 0 Å². The summed E-state index contributed by atoms with van der Waals surface area (Å²) < 4.78 is 2.12. The van der Waals surface area contributed by atoms with Crippen LogP contribution >= 0.6 is 0 Å². The quantitative estimate of drug-likeness (QED) is 0.839. The first kappa shape index (κ1) is 11.1. The minimum absolute atomic E-state index is 0.361. The number of rotatable bonds is 2. The van der Waals surface area contributed by atoms with E-state index in [2.05, 4.69) is 29.5 Å². The van der Waals surface area contributed by atoms with Crippen LogP contribution in [0.3, 0.4) is 0 Å². The Kier molecular flexibility index (Phi) is 2.50. The van der Waals surface area contributed by atoms with Crippen molar-refractivity contribution in [3.63, 3.8) is 0 Å². The smallest absolute Gasteiger partial charge is 0.129 e. The van der Waals surface area contributed by atoms with Gasteiger partial charge in [0.1, 0.15) is 5.82 Å². The van der Waals surface area contributed by atoms with Crippen molar-refractivity contribution >= 4 is 11.0 Å². The average molecular weight is 217 g/mol. The van der Waals surface area contributed by atoms with E-state index in [-0.39, 0.29) is 5.54 Å². The molecule has 0 amide bonds. The predicted octanol–water partition coefficient (Wildman–Crippen LogP) is 2.47. The van der Waals surface area contributed by atoms with E-state index in [1.807, 2.05) is 26.1 Å². The van der Waals surface area contributed by atoms with Crippen molar-refractivity contribution in [1.82, 2.24) is 9.55 Å². The molecular weight excluding hydrogens is 198 g/mol. The third kappa shape index (κ3) is 1.52. The molecule has 1 unspecified atom stereocenters. The molecule has 1 aromatic heterocycles. The first-order valence-corrected chi connectivity index (χ1v) is 5.68. The Morgan fingerprint density at radius 1 is 1.44 bits per heavy atom. The summed E-state index contributed by atoms with van der Waals surface area (Å²) in [5, 5.41) is 0. The maximum absolute atomic E-state index is 6.27. The maximum atomic E-state index is 6.27. The molecule has 16 heavy (non-hydrogen) atoms. The lowest BCUT2D eigenvalue weighted by Crippen LogP contribution is -2.35. The SMILES string of the molecule is CCC(C)(N)c1nc2cccc(C)c2n1C. The molecule has 0 bridgehead atoms. The molecule has 3 heteroatoms. The highest BCUT2D eigenvalue weighted by molar-refractivity contribution is 5.79. The number of para-hydroxylation sites is 1. The summed E-state index contributed by atoms with van der Waals surface area (Å²) in [6, 6.07) is 6.18. The Hall–Kier alpha value is -1.35. The molecule has 0 aliphatic heterocycles. The fraction of sp³-hybridized carbons (Fsp3) is 0.462. The number of aromatic nitrogens is 2. The van der Waals surface area contributed by atoms with E-state index >= 15 is 0 Å². The molecule has 2 aromatic rings. The van der Waals surface area contributed by atoms with Gasteiger partial charge in [-0.1, -0.05) is 19.1 Å². The minimum atomic E-state index is -0.361. The van der Waals surface area contributed by atoms with Crippen LogP contribution in [-0.2, 0) is 12.6 Å². The Morgan fingerprint density at radius 2 is 2.12 bits per heavy atom. The monoisotopic (exact) mass is 217 g/mol. The molecule has 0 saturated carbocycles. The van der Waals surface area contributed by atoms with E-state index in [0.717, 1.165) is 17.8 Å². The Balaban J connectivity index is 2.75. The molecule has 0 spiro atoms. The van der Waals surface area contributed by atoms with Gasteiger partial charge >= 0.3 is 0 Å². The Morgan fingerprint density at radius 3 is 2.69 bits per heavy atom. The second kappa shape index (κ2) is 3.59. The summed E-state index contributed by atoms with van der Waals surface area (Å²) in [4.78, 5) is 4.65. The molecule has 2 rings (SSSR count). The van der Waals surface area contributed by atoms with Crippen molar-refractivity contribution in [3.8, 4) is 0 Å². The van der Waals surface area contributed by atoms with Gasteiger partial charge in [-0.05, 0) is 31.9 Å². The molecule has 0 fully saturated rings. The van der Waals surface area contributed by atoms with Gasteiger partial charge in [0.05, 0.1) is 16.6 Å². The molecule has 0 radical (unpaired) electrons. The van der Waals surface area contributed by atoms with Gasteiger partial charge in [0, 0.05) is 7.05 Å². The Bertz CT molecular complexity index is 523. The third-order valence-electron chi connectivity index (χ3n) is 3.34. The van der Waals surface area contributed by atoms with Crippen LogP contribution < -0.4 is 5.73 Å². The van der Waals surface area contributed by atoms with Crippen LogP contribution in [0, 0.1) is 6.92 Å². The number of nitrogens with two attached hydrogens (primary N) is 1. The topological polar surface area (TPSA) is 43.8 Å². The van der Waals surface area contributed by atoms with Gasteiger partial charge in [-0.15, -0.1) is 0 Å². The molecular formula is C13H19N3. The van der Waals surface area contributed by atoms with Gasteiger partial charge in [0.2, 0.25) is 0 Å². The zero-order valence-electron chi connectivity index (χ0n) is 10.4. The zero-order valence-corrected chi connectivity index (χ0v) is 10.4. The van der Waals surface area contributed by atoms with Gasteiger partial charge in [-0.2, -0.15) is 0 Å². The summed E-state index contributed by atoms with van der Waals surface area (Å²) in [5.74, 6) is 0.958. The summed E-state index contributed by atoms with van der Waals surface area (Å²) in [5.41, 5.74) is 9.36. The van der Waals surface area contributed by atoms with E-state index in [0.29, 0.717) is 0 Å². The van der Waals surface area contributed by atoms with Crippen molar-refractivity contribution in [2.24, 2.45) is 12.8 Å². The fourth-order valence-corrected chi connectivity index (χ4v) is 2.13. The summed E-state index contributed by atoms with van der Waals surface area (Å²) in [6.07, 6.45) is 0.878. The van der Waals surface area contributed by atoms with E-state index in [9.17, 15) is 0 Å². The van der Waals surface area contributed by atoms with Crippen molar-refractivity contribution in [3.05, 3.63) is 29.6 Å². The van der Waals surface area contributed by atoms with Gasteiger partial charge in [-0.3, -0.25) is 0 Å². The average Bonchev–Trinajstić information content (AvgIpc) is 2.58. The van der Waals surface area contributed by atoms with Gasteiger partial charge < -0.3 is 10.3 Å². The minimum Gasteiger partial charge on any atom is -0.329 e.